The minimum absolute atomic E-state index is 0.0598. The van der Waals surface area contributed by atoms with E-state index in [1.165, 1.54) is 11.1 Å². The molecule has 0 spiro atoms. The maximum atomic E-state index is 14.2. The van der Waals surface area contributed by atoms with E-state index < -0.39 is 36.3 Å². The van der Waals surface area contributed by atoms with Crippen molar-refractivity contribution in [2.24, 2.45) is 0 Å². The number of fused-ring (bicyclic) bond motifs is 2. The van der Waals surface area contributed by atoms with Gasteiger partial charge in [0.2, 0.25) is 35.4 Å². The molecule has 1 unspecified atom stereocenters. The number of rotatable bonds is 16. The molecule has 0 radical (unpaired) electrons. The van der Waals surface area contributed by atoms with Crippen molar-refractivity contribution in [3.63, 3.8) is 0 Å². The van der Waals surface area contributed by atoms with Crippen LogP contribution < -0.4 is 31.9 Å². The highest BCUT2D eigenvalue weighted by Gasteiger charge is 2.40. The molecule has 2 heterocycles. The van der Waals surface area contributed by atoms with E-state index in [2.05, 4.69) is 79.8 Å². The minimum atomic E-state index is -1.03. The van der Waals surface area contributed by atoms with Crippen LogP contribution in [0.2, 0.25) is 0 Å². The maximum absolute atomic E-state index is 14.2. The first-order chi connectivity index (χ1) is 31.1. The van der Waals surface area contributed by atoms with Gasteiger partial charge in [0.05, 0.1) is 24.2 Å². The second kappa shape index (κ2) is 23.3. The number of nitrogens with one attached hydrogen (secondary N) is 6. The predicted molar refractivity (Wildman–Crippen MR) is 245 cm³/mol. The third-order valence-electron chi connectivity index (χ3n) is 13.3. The van der Waals surface area contributed by atoms with Crippen LogP contribution in [-0.2, 0) is 41.6 Å². The summed E-state index contributed by atoms with van der Waals surface area (Å²) in [7, 11) is 3.36. The molecule has 2 aromatic rings. The number of likely N-dealkylation sites (N-methyl/N-ethyl adjacent to an activating group) is 2. The van der Waals surface area contributed by atoms with Crippen molar-refractivity contribution in [1.29, 1.82) is 0 Å². The quantitative estimate of drug-likeness (QED) is 0.139. The van der Waals surface area contributed by atoms with Crippen molar-refractivity contribution in [2.45, 2.75) is 152 Å². The summed E-state index contributed by atoms with van der Waals surface area (Å²) in [5.74, 6) is 9.58. The van der Waals surface area contributed by atoms with Crippen LogP contribution in [0.25, 0.3) is 0 Å². The van der Waals surface area contributed by atoms with Crippen LogP contribution in [0.3, 0.4) is 0 Å². The summed E-state index contributed by atoms with van der Waals surface area (Å²) in [4.78, 5) is 85.8. The van der Waals surface area contributed by atoms with Crippen LogP contribution in [0.1, 0.15) is 125 Å². The van der Waals surface area contributed by atoms with E-state index in [0.717, 1.165) is 49.7 Å². The molecule has 0 bridgehead atoms. The second-order valence-corrected chi connectivity index (χ2v) is 17.3. The Morgan fingerprint density at radius 1 is 0.578 bits per heavy atom. The topological polar surface area (TPSA) is 181 Å². The molecule has 2 aromatic carbocycles. The number of hydrogen-bond donors (Lipinski definition) is 6. The normalized spacial score (nSPS) is 21.8. The third kappa shape index (κ3) is 11.7. The summed E-state index contributed by atoms with van der Waals surface area (Å²) in [6, 6.07) is 11.5. The molecule has 6 N–H and O–H groups in total. The van der Waals surface area contributed by atoms with Gasteiger partial charge in [0, 0.05) is 25.9 Å². The monoisotopic (exact) mass is 875 g/mol. The standard InChI is InChI=1S/C50H66N8O6/c1-5-37(51-3)45(59)55-41(49(63)57-31-17-29-43(57)47(61)53-39-27-15-21-33-19-11-13-23-35(33)39)25-9-7-8-10-26-42(56-46(60)38(6-2)52-4)50(64)58-32-18-30-44(58)48(62)54-40-28-16-22-34-20-12-14-24-36(34)40/h11-14,19-20,23-24,37-44,51-52H,5-6,15-18,21-22,25-32H2,1-4H3,(H,53,61)(H,54,62)(H,55,59)(H,56,60)/t37-,38-,39+,40?,41-,42-,43-,44-/m0/s1. The van der Waals surface area contributed by atoms with Crippen LogP contribution in [0.5, 0.6) is 0 Å². The summed E-state index contributed by atoms with van der Waals surface area (Å²) in [6.45, 7) is 4.49. The Kier molecular flexibility index (Phi) is 17.4. The molecule has 342 valence electrons. The first kappa shape index (κ1) is 47.8. The maximum Gasteiger partial charge on any atom is 0.246 e. The van der Waals surface area contributed by atoms with E-state index in [1.807, 2.05) is 38.1 Å². The molecule has 2 aliphatic heterocycles. The average molecular weight is 875 g/mol. The smallest absolute Gasteiger partial charge is 0.246 e. The van der Waals surface area contributed by atoms with E-state index in [4.69, 9.17) is 0 Å². The summed E-state index contributed by atoms with van der Waals surface area (Å²) >= 11 is 0. The Labute approximate surface area is 378 Å². The molecule has 64 heavy (non-hydrogen) atoms. The zero-order valence-corrected chi connectivity index (χ0v) is 37.9. The molecule has 4 aliphatic rings. The molecule has 14 heteroatoms. The van der Waals surface area contributed by atoms with E-state index >= 15 is 0 Å². The number of benzene rings is 2. The number of hydrogen-bond acceptors (Lipinski definition) is 8. The fourth-order valence-corrected chi connectivity index (χ4v) is 9.73. The lowest BCUT2D eigenvalue weighted by molar-refractivity contribution is -0.141. The fraction of sp³-hybridized carbons (Fsp3) is 0.560. The van der Waals surface area contributed by atoms with Crippen LogP contribution in [0.15, 0.2) is 48.5 Å². The first-order valence-corrected chi connectivity index (χ1v) is 23.4. The van der Waals surface area contributed by atoms with Crippen molar-refractivity contribution in [2.75, 3.05) is 27.2 Å². The third-order valence-corrected chi connectivity index (χ3v) is 13.3. The summed E-state index contributed by atoms with van der Waals surface area (Å²) in [5, 5.41) is 18.2. The Morgan fingerprint density at radius 3 is 1.38 bits per heavy atom. The lowest BCUT2D eigenvalue weighted by Gasteiger charge is -2.31. The SMILES string of the molecule is CC[C@H](NC)C(=O)N[C@@H](CC#CC#CC[C@H](NC(=O)[C@H](CC)NC)C(=O)N1CCC[C@H]1C(=O)N[C@@H]1CCCc2ccccc21)C(=O)N1CCC[C@H]1C(=O)NC1CCCc2ccccc21. The molecule has 2 saturated heterocycles. The largest absolute Gasteiger partial charge is 0.347 e. The van der Waals surface area contributed by atoms with Gasteiger partial charge in [-0.25, -0.2) is 0 Å². The molecule has 6 amide bonds. The van der Waals surface area contributed by atoms with Crippen molar-refractivity contribution >= 4 is 35.4 Å². The molecular formula is C50H66N8O6. The van der Waals surface area contributed by atoms with Crippen molar-refractivity contribution < 1.29 is 28.8 Å². The van der Waals surface area contributed by atoms with E-state index in [0.29, 0.717) is 51.6 Å². The van der Waals surface area contributed by atoms with E-state index in [1.54, 1.807) is 23.9 Å². The van der Waals surface area contributed by atoms with Crippen LogP contribution in [0, 0.1) is 23.7 Å². The Hall–Kier alpha value is -5.70. The lowest BCUT2D eigenvalue weighted by Crippen LogP contribution is -2.56. The molecule has 0 saturated carbocycles. The van der Waals surface area contributed by atoms with Gasteiger partial charge < -0.3 is 41.7 Å². The zero-order valence-electron chi connectivity index (χ0n) is 37.9. The van der Waals surface area contributed by atoms with Gasteiger partial charge in [-0.1, -0.05) is 74.2 Å². The minimum Gasteiger partial charge on any atom is -0.347 e. The number of aryl methyl sites for hydroxylation is 2. The molecule has 2 aliphatic carbocycles. The highest BCUT2D eigenvalue weighted by Crippen LogP contribution is 2.32. The van der Waals surface area contributed by atoms with Crippen molar-refractivity contribution in [1.82, 2.24) is 41.7 Å². The number of amides is 6. The van der Waals surface area contributed by atoms with Gasteiger partial charge in [0.15, 0.2) is 0 Å². The van der Waals surface area contributed by atoms with Gasteiger partial charge in [0.25, 0.3) is 0 Å². The molecule has 14 nitrogen and oxygen atoms in total. The molecule has 2 fully saturated rings. The van der Waals surface area contributed by atoms with E-state index in [-0.39, 0.29) is 60.4 Å². The number of likely N-dealkylation sites (tertiary alicyclic amines) is 2. The Morgan fingerprint density at radius 2 is 0.984 bits per heavy atom. The molecule has 6 rings (SSSR count). The molecular weight excluding hydrogens is 809 g/mol. The van der Waals surface area contributed by atoms with Gasteiger partial charge in [-0.2, -0.15) is 0 Å². The summed E-state index contributed by atoms with van der Waals surface area (Å²) in [5.41, 5.74) is 4.68. The summed E-state index contributed by atoms with van der Waals surface area (Å²) in [6.07, 6.45) is 8.72. The summed E-state index contributed by atoms with van der Waals surface area (Å²) < 4.78 is 0. The average Bonchev–Trinajstić information content (AvgIpc) is 4.02. The predicted octanol–water partition coefficient (Wildman–Crippen LogP) is 3.11. The van der Waals surface area contributed by atoms with Crippen LogP contribution in [0.4, 0.5) is 0 Å². The lowest BCUT2D eigenvalue weighted by atomic mass is 9.87. The van der Waals surface area contributed by atoms with Gasteiger partial charge in [-0.05, 0) is 125 Å². The zero-order chi connectivity index (χ0) is 45.6. The number of nitrogens with zero attached hydrogens (tertiary/aromatic N) is 2. The van der Waals surface area contributed by atoms with Gasteiger partial charge in [-0.15, -0.1) is 0 Å². The van der Waals surface area contributed by atoms with E-state index in [9.17, 15) is 28.8 Å². The van der Waals surface area contributed by atoms with Gasteiger partial charge in [0.1, 0.15) is 24.2 Å². The highest BCUT2D eigenvalue weighted by atomic mass is 16.2. The highest BCUT2D eigenvalue weighted by molar-refractivity contribution is 5.95. The van der Waals surface area contributed by atoms with Crippen molar-refractivity contribution in [3.8, 4) is 23.7 Å². The number of carbonyl (C=O) groups excluding carboxylic acids is 6. The van der Waals surface area contributed by atoms with Crippen molar-refractivity contribution in [3.05, 3.63) is 70.8 Å². The van der Waals surface area contributed by atoms with Gasteiger partial charge >= 0.3 is 0 Å². The molecule has 8 atom stereocenters. The van der Waals surface area contributed by atoms with Crippen LogP contribution >= 0.6 is 0 Å². The fourth-order valence-electron chi connectivity index (χ4n) is 9.73. The molecule has 0 aromatic heterocycles. The Bertz CT molecular complexity index is 1980. The number of carbonyl (C=O) groups is 6. The van der Waals surface area contributed by atoms with Gasteiger partial charge in [-0.3, -0.25) is 28.8 Å². The first-order valence-electron chi connectivity index (χ1n) is 23.4. The van der Waals surface area contributed by atoms with Crippen LogP contribution in [-0.4, -0.2) is 109 Å². The second-order valence-electron chi connectivity index (χ2n) is 17.3. The Balaban J connectivity index is 1.14.